The van der Waals surface area contributed by atoms with Crippen molar-refractivity contribution in [3.8, 4) is 0 Å². The molecule has 0 saturated heterocycles. The molecule has 0 aromatic carbocycles. The molecule has 0 spiro atoms. The molecule has 58 valence electrons. The van der Waals surface area contributed by atoms with Crippen molar-refractivity contribution < 1.29 is 5.21 Å². The van der Waals surface area contributed by atoms with E-state index >= 15 is 0 Å². The van der Waals surface area contributed by atoms with Crippen LogP contribution in [0.1, 0.15) is 0 Å². The van der Waals surface area contributed by atoms with Crippen LogP contribution < -0.4 is 5.32 Å². The highest BCUT2D eigenvalue weighted by molar-refractivity contribution is 6.29. The molecule has 0 atom stereocenters. The Kier molecular flexibility index (Phi) is 2.62. The number of nitrogens with one attached hydrogen (secondary N) is 1. The average molecular weight is 173 g/mol. The van der Waals surface area contributed by atoms with Gasteiger partial charge in [-0.3, -0.25) is 0 Å². The normalized spacial score (nSPS) is 10.3. The SMILES string of the molecule is O/N=C/Nc1ccc(Cl)nn1. The van der Waals surface area contributed by atoms with Crippen LogP contribution in [0.25, 0.3) is 0 Å². The molecule has 6 heteroatoms. The molecule has 11 heavy (non-hydrogen) atoms. The molecule has 0 bridgehead atoms. The van der Waals surface area contributed by atoms with E-state index in [0.29, 0.717) is 11.0 Å². The van der Waals surface area contributed by atoms with E-state index in [0.717, 1.165) is 6.34 Å². The number of anilines is 1. The van der Waals surface area contributed by atoms with E-state index in [2.05, 4.69) is 20.7 Å². The van der Waals surface area contributed by atoms with Crippen LogP contribution in [0.5, 0.6) is 0 Å². The van der Waals surface area contributed by atoms with Crippen LogP contribution in [0.4, 0.5) is 5.82 Å². The van der Waals surface area contributed by atoms with Crippen molar-refractivity contribution in [2.45, 2.75) is 0 Å². The molecule has 0 amide bonds. The number of oxime groups is 1. The van der Waals surface area contributed by atoms with Crippen LogP contribution >= 0.6 is 11.6 Å². The Morgan fingerprint density at radius 3 is 2.91 bits per heavy atom. The maximum Gasteiger partial charge on any atom is 0.153 e. The van der Waals surface area contributed by atoms with Crippen LogP contribution in [-0.2, 0) is 0 Å². The number of aromatic nitrogens is 2. The second kappa shape index (κ2) is 3.72. The van der Waals surface area contributed by atoms with Crippen molar-refractivity contribution in [2.24, 2.45) is 5.16 Å². The molecule has 0 aliphatic rings. The standard InChI is InChI=1S/C5H5ClN4O/c6-4-1-2-5(10-9-4)7-3-8-11/h1-3,11H,(H,7,8,10). The molecule has 2 N–H and O–H groups in total. The predicted octanol–water partition coefficient (Wildman–Crippen LogP) is 0.959. The zero-order valence-corrected chi connectivity index (χ0v) is 6.15. The van der Waals surface area contributed by atoms with Crippen LogP contribution in [0.15, 0.2) is 17.3 Å². The Hall–Kier alpha value is -1.36. The topological polar surface area (TPSA) is 70.4 Å². The molecular formula is C5H5ClN4O. The van der Waals surface area contributed by atoms with E-state index in [-0.39, 0.29) is 0 Å². The van der Waals surface area contributed by atoms with Crippen molar-refractivity contribution >= 4 is 23.8 Å². The Bertz CT molecular complexity index is 247. The minimum atomic E-state index is 0.316. The summed E-state index contributed by atoms with van der Waals surface area (Å²) in [7, 11) is 0. The number of hydrogen-bond donors (Lipinski definition) is 2. The second-order valence-electron chi connectivity index (χ2n) is 1.63. The molecule has 0 saturated carbocycles. The zero-order valence-electron chi connectivity index (χ0n) is 5.40. The predicted molar refractivity (Wildman–Crippen MR) is 40.9 cm³/mol. The fraction of sp³-hybridized carbons (Fsp3) is 0. The molecule has 0 fully saturated rings. The van der Waals surface area contributed by atoms with E-state index in [4.69, 9.17) is 16.8 Å². The maximum atomic E-state index is 8.01. The summed E-state index contributed by atoms with van der Waals surface area (Å²) in [6, 6.07) is 3.18. The first-order chi connectivity index (χ1) is 5.33. The van der Waals surface area contributed by atoms with Crippen LogP contribution in [0, 0.1) is 0 Å². The smallest absolute Gasteiger partial charge is 0.153 e. The van der Waals surface area contributed by atoms with Crippen molar-refractivity contribution in [3.63, 3.8) is 0 Å². The van der Waals surface area contributed by atoms with E-state index in [1.807, 2.05) is 0 Å². The highest BCUT2D eigenvalue weighted by Gasteiger charge is 1.90. The fourth-order valence-corrected chi connectivity index (χ4v) is 0.589. The molecule has 0 aliphatic carbocycles. The van der Waals surface area contributed by atoms with Crippen molar-refractivity contribution in [2.75, 3.05) is 5.32 Å². The fourth-order valence-electron chi connectivity index (χ4n) is 0.488. The molecule has 0 aliphatic heterocycles. The number of halogens is 1. The van der Waals surface area contributed by atoms with Gasteiger partial charge in [0.05, 0.1) is 0 Å². The highest BCUT2D eigenvalue weighted by Crippen LogP contribution is 2.04. The Morgan fingerprint density at radius 1 is 1.55 bits per heavy atom. The first kappa shape index (κ1) is 7.74. The van der Waals surface area contributed by atoms with Gasteiger partial charge in [-0.1, -0.05) is 16.8 Å². The number of nitrogens with zero attached hydrogens (tertiary/aromatic N) is 3. The summed E-state index contributed by atoms with van der Waals surface area (Å²) in [4.78, 5) is 0. The Morgan fingerprint density at radius 2 is 2.36 bits per heavy atom. The van der Waals surface area contributed by atoms with Crippen molar-refractivity contribution in [1.82, 2.24) is 10.2 Å². The first-order valence-corrected chi connectivity index (χ1v) is 3.12. The molecule has 0 radical (unpaired) electrons. The average Bonchev–Trinajstić information content (AvgIpc) is 2.04. The summed E-state index contributed by atoms with van der Waals surface area (Å²) in [6.07, 6.45) is 1.08. The van der Waals surface area contributed by atoms with Gasteiger partial charge >= 0.3 is 0 Å². The maximum absolute atomic E-state index is 8.01. The lowest BCUT2D eigenvalue weighted by Crippen LogP contribution is -1.98. The first-order valence-electron chi connectivity index (χ1n) is 2.74. The van der Waals surface area contributed by atoms with Crippen LogP contribution in [0.3, 0.4) is 0 Å². The molecule has 0 unspecified atom stereocenters. The molecular weight excluding hydrogens is 168 g/mol. The number of hydrogen-bond acceptors (Lipinski definition) is 4. The Labute approximate surface area is 67.7 Å². The van der Waals surface area contributed by atoms with Gasteiger partial charge in [0.15, 0.2) is 11.0 Å². The van der Waals surface area contributed by atoms with E-state index in [1.54, 1.807) is 12.1 Å². The monoisotopic (exact) mass is 172 g/mol. The van der Waals surface area contributed by atoms with Gasteiger partial charge in [-0.2, -0.15) is 0 Å². The second-order valence-corrected chi connectivity index (χ2v) is 2.02. The van der Waals surface area contributed by atoms with Gasteiger partial charge in [-0.05, 0) is 12.1 Å². The summed E-state index contributed by atoms with van der Waals surface area (Å²) >= 11 is 5.46. The third kappa shape index (κ3) is 2.38. The summed E-state index contributed by atoms with van der Waals surface area (Å²) in [5, 5.41) is 20.8. The highest BCUT2D eigenvalue weighted by atomic mass is 35.5. The quantitative estimate of drug-likeness (QED) is 0.302. The largest absolute Gasteiger partial charge is 0.410 e. The Balaban J connectivity index is 2.66. The van der Waals surface area contributed by atoms with Crippen LogP contribution in [0.2, 0.25) is 5.15 Å². The van der Waals surface area contributed by atoms with Gasteiger partial charge in [-0.15, -0.1) is 10.2 Å². The van der Waals surface area contributed by atoms with Gasteiger partial charge in [0.2, 0.25) is 0 Å². The van der Waals surface area contributed by atoms with Gasteiger partial charge in [0, 0.05) is 0 Å². The minimum absolute atomic E-state index is 0.316. The minimum Gasteiger partial charge on any atom is -0.410 e. The molecule has 5 nitrogen and oxygen atoms in total. The summed E-state index contributed by atoms with van der Waals surface area (Å²) in [5.41, 5.74) is 0. The van der Waals surface area contributed by atoms with E-state index in [1.165, 1.54) is 0 Å². The van der Waals surface area contributed by atoms with Gasteiger partial charge in [0.25, 0.3) is 0 Å². The van der Waals surface area contributed by atoms with Crippen molar-refractivity contribution in [1.29, 1.82) is 0 Å². The molecule has 1 aromatic heterocycles. The van der Waals surface area contributed by atoms with Crippen molar-refractivity contribution in [3.05, 3.63) is 17.3 Å². The zero-order chi connectivity index (χ0) is 8.10. The van der Waals surface area contributed by atoms with Gasteiger partial charge < -0.3 is 10.5 Å². The van der Waals surface area contributed by atoms with Gasteiger partial charge in [0.1, 0.15) is 6.34 Å². The summed E-state index contributed by atoms with van der Waals surface area (Å²) in [6.45, 7) is 0. The summed E-state index contributed by atoms with van der Waals surface area (Å²) < 4.78 is 0. The lowest BCUT2D eigenvalue weighted by molar-refractivity contribution is 0.321. The third-order valence-electron chi connectivity index (χ3n) is 0.902. The summed E-state index contributed by atoms with van der Waals surface area (Å²) in [5.74, 6) is 0.465. The van der Waals surface area contributed by atoms with Gasteiger partial charge in [-0.25, -0.2) is 0 Å². The lowest BCUT2D eigenvalue weighted by atomic mass is 10.5. The molecule has 1 aromatic rings. The molecule has 1 rings (SSSR count). The molecule has 1 heterocycles. The lowest BCUT2D eigenvalue weighted by Gasteiger charge is -1.94. The van der Waals surface area contributed by atoms with Crippen LogP contribution in [-0.4, -0.2) is 21.7 Å². The van der Waals surface area contributed by atoms with E-state index < -0.39 is 0 Å². The van der Waals surface area contributed by atoms with E-state index in [9.17, 15) is 0 Å². The third-order valence-corrected chi connectivity index (χ3v) is 1.10. The number of rotatable bonds is 2.